The van der Waals surface area contributed by atoms with Crippen molar-refractivity contribution in [1.82, 2.24) is 9.69 Å². The van der Waals surface area contributed by atoms with Gasteiger partial charge in [-0.3, -0.25) is 4.79 Å². The fourth-order valence-electron chi connectivity index (χ4n) is 1.88. The average Bonchev–Trinajstić information content (AvgIpc) is 3.03. The molecule has 1 heterocycles. The summed E-state index contributed by atoms with van der Waals surface area (Å²) in [5, 5.41) is 7.00. The summed E-state index contributed by atoms with van der Waals surface area (Å²) in [6.07, 6.45) is 2.52. The molecule has 2 rings (SSSR count). The zero-order valence-electron chi connectivity index (χ0n) is 11.0. The minimum atomic E-state index is -0.151. The van der Waals surface area contributed by atoms with Crippen molar-refractivity contribution in [2.24, 2.45) is 5.92 Å². The summed E-state index contributed by atoms with van der Waals surface area (Å²) >= 11 is 1.26. The minimum Gasteiger partial charge on any atom is -0.382 e. The van der Waals surface area contributed by atoms with E-state index in [0.717, 1.165) is 5.00 Å². The molecule has 1 aliphatic rings. The van der Waals surface area contributed by atoms with Crippen LogP contribution in [-0.2, 0) is 0 Å². The second-order valence-corrected chi connectivity index (χ2v) is 5.94. The average molecular weight is 268 g/mol. The van der Waals surface area contributed by atoms with Gasteiger partial charge in [-0.15, -0.1) is 0 Å². The number of hydrogen-bond donors (Lipinski definition) is 3. The van der Waals surface area contributed by atoms with Crippen molar-refractivity contribution in [3.63, 3.8) is 0 Å². The molecule has 1 saturated carbocycles. The van der Waals surface area contributed by atoms with Gasteiger partial charge in [-0.1, -0.05) is 0 Å². The molecular weight excluding hydrogens is 248 g/mol. The summed E-state index contributed by atoms with van der Waals surface area (Å²) < 4.78 is 4.07. The Kier molecular flexibility index (Phi) is 3.75. The first-order chi connectivity index (χ1) is 8.49. The van der Waals surface area contributed by atoms with Crippen LogP contribution in [-0.4, -0.2) is 22.4 Å². The van der Waals surface area contributed by atoms with Crippen molar-refractivity contribution in [2.75, 3.05) is 11.1 Å². The van der Waals surface area contributed by atoms with Crippen LogP contribution in [0.25, 0.3) is 0 Å². The van der Waals surface area contributed by atoms with Crippen molar-refractivity contribution in [1.29, 1.82) is 0 Å². The molecule has 0 bridgehead atoms. The van der Waals surface area contributed by atoms with E-state index in [1.54, 1.807) is 0 Å². The fraction of sp³-hybridized carbons (Fsp3) is 0.667. The van der Waals surface area contributed by atoms with Crippen LogP contribution in [0.4, 0.5) is 10.8 Å². The molecule has 0 aliphatic heterocycles. The smallest absolute Gasteiger partial charge is 0.258 e. The normalized spacial score (nSPS) is 16.7. The lowest BCUT2D eigenvalue weighted by atomic mass is 10.2. The number of carbonyl (C=O) groups excluding carboxylic acids is 1. The van der Waals surface area contributed by atoms with Gasteiger partial charge in [-0.2, -0.15) is 4.37 Å². The van der Waals surface area contributed by atoms with Gasteiger partial charge in [0, 0.05) is 12.1 Å². The quantitative estimate of drug-likeness (QED) is 0.763. The highest BCUT2D eigenvalue weighted by atomic mass is 32.1. The number of nitrogens with zero attached hydrogens (tertiary/aromatic N) is 1. The molecule has 1 aromatic heterocycles. The highest BCUT2D eigenvalue weighted by Crippen LogP contribution is 2.36. The molecule has 1 aromatic rings. The van der Waals surface area contributed by atoms with Crippen molar-refractivity contribution in [2.45, 2.75) is 45.7 Å². The molecule has 0 aromatic carbocycles. The van der Waals surface area contributed by atoms with Crippen LogP contribution in [0.2, 0.25) is 0 Å². The standard InChI is InChI=1S/C12H20N4OS/c1-6(2)14-11(17)9-10(13)16-18-12(9)15-7(3)8-4-5-8/h6-8,15H,4-5H2,1-3H3,(H2,13,16)(H,14,17). The Morgan fingerprint density at radius 3 is 2.67 bits per heavy atom. The third kappa shape index (κ3) is 2.93. The molecule has 4 N–H and O–H groups in total. The topological polar surface area (TPSA) is 80.0 Å². The summed E-state index contributed by atoms with van der Waals surface area (Å²) in [6.45, 7) is 5.99. The lowest BCUT2D eigenvalue weighted by Gasteiger charge is -2.14. The van der Waals surface area contributed by atoms with Gasteiger partial charge in [0.25, 0.3) is 5.91 Å². The van der Waals surface area contributed by atoms with Crippen molar-refractivity contribution in [3.8, 4) is 0 Å². The van der Waals surface area contributed by atoms with Crippen LogP contribution in [0.15, 0.2) is 0 Å². The molecule has 100 valence electrons. The second kappa shape index (κ2) is 5.14. The Morgan fingerprint density at radius 1 is 1.44 bits per heavy atom. The van der Waals surface area contributed by atoms with Crippen LogP contribution in [0.3, 0.4) is 0 Å². The summed E-state index contributed by atoms with van der Waals surface area (Å²) in [5.41, 5.74) is 6.27. The van der Waals surface area contributed by atoms with E-state index in [1.807, 2.05) is 13.8 Å². The highest BCUT2D eigenvalue weighted by molar-refractivity contribution is 7.11. The summed E-state index contributed by atoms with van der Waals surface area (Å²) in [6, 6.07) is 0.459. The maximum absolute atomic E-state index is 12.1. The number of nitrogens with one attached hydrogen (secondary N) is 2. The number of nitrogen functional groups attached to an aromatic ring is 1. The van der Waals surface area contributed by atoms with E-state index in [0.29, 0.717) is 23.3 Å². The van der Waals surface area contributed by atoms with E-state index in [9.17, 15) is 4.79 Å². The molecule has 1 unspecified atom stereocenters. The fourth-order valence-corrected chi connectivity index (χ4v) is 2.68. The maximum atomic E-state index is 12.1. The maximum Gasteiger partial charge on any atom is 0.258 e. The summed E-state index contributed by atoms with van der Waals surface area (Å²) in [5.74, 6) is 0.875. The molecular formula is C12H20N4OS. The Labute approximate surface area is 111 Å². The molecule has 0 spiro atoms. The van der Waals surface area contributed by atoms with Gasteiger partial charge in [0.05, 0.1) is 0 Å². The van der Waals surface area contributed by atoms with E-state index in [4.69, 9.17) is 5.73 Å². The zero-order valence-corrected chi connectivity index (χ0v) is 11.8. The van der Waals surface area contributed by atoms with Crippen LogP contribution in [0, 0.1) is 5.92 Å². The molecule has 5 nitrogen and oxygen atoms in total. The monoisotopic (exact) mass is 268 g/mol. The van der Waals surface area contributed by atoms with Crippen molar-refractivity contribution in [3.05, 3.63) is 5.56 Å². The van der Waals surface area contributed by atoms with Crippen LogP contribution < -0.4 is 16.4 Å². The third-order valence-electron chi connectivity index (χ3n) is 3.05. The van der Waals surface area contributed by atoms with Gasteiger partial charge in [-0.05, 0) is 51.1 Å². The number of hydrogen-bond acceptors (Lipinski definition) is 5. The van der Waals surface area contributed by atoms with E-state index in [2.05, 4.69) is 21.9 Å². The van der Waals surface area contributed by atoms with Crippen LogP contribution >= 0.6 is 11.5 Å². The van der Waals surface area contributed by atoms with Gasteiger partial charge in [0.15, 0.2) is 5.82 Å². The van der Waals surface area contributed by atoms with Gasteiger partial charge in [0.2, 0.25) is 0 Å². The minimum absolute atomic E-state index is 0.0884. The third-order valence-corrected chi connectivity index (χ3v) is 3.85. The van der Waals surface area contributed by atoms with E-state index < -0.39 is 0 Å². The Bertz CT molecular complexity index is 439. The summed E-state index contributed by atoms with van der Waals surface area (Å²) in [4.78, 5) is 12.1. The van der Waals surface area contributed by atoms with Gasteiger partial charge in [0.1, 0.15) is 10.6 Å². The van der Waals surface area contributed by atoms with Gasteiger partial charge >= 0.3 is 0 Å². The SMILES string of the molecule is CC(C)NC(=O)c1c(N)nsc1NC(C)C1CC1. The largest absolute Gasteiger partial charge is 0.382 e. The first kappa shape index (κ1) is 13.1. The van der Waals surface area contributed by atoms with E-state index in [-0.39, 0.29) is 11.9 Å². The molecule has 1 atom stereocenters. The van der Waals surface area contributed by atoms with Crippen molar-refractivity contribution >= 4 is 28.3 Å². The summed E-state index contributed by atoms with van der Waals surface area (Å²) in [7, 11) is 0. The van der Waals surface area contributed by atoms with Crippen molar-refractivity contribution < 1.29 is 4.79 Å². The first-order valence-electron chi connectivity index (χ1n) is 6.31. The second-order valence-electron chi connectivity index (χ2n) is 5.17. The number of carbonyl (C=O) groups is 1. The lowest BCUT2D eigenvalue weighted by Crippen LogP contribution is -2.31. The number of nitrogens with two attached hydrogens (primary N) is 1. The molecule has 0 radical (unpaired) electrons. The van der Waals surface area contributed by atoms with Crippen LogP contribution in [0.1, 0.15) is 44.0 Å². The predicted molar refractivity (Wildman–Crippen MR) is 74.9 cm³/mol. The molecule has 0 saturated heterocycles. The Hall–Kier alpha value is -1.30. The Morgan fingerprint density at radius 2 is 2.11 bits per heavy atom. The Balaban J connectivity index is 2.12. The predicted octanol–water partition coefficient (Wildman–Crippen LogP) is 2.07. The lowest BCUT2D eigenvalue weighted by molar-refractivity contribution is 0.0945. The first-order valence-corrected chi connectivity index (χ1v) is 7.09. The number of amides is 1. The molecule has 18 heavy (non-hydrogen) atoms. The molecule has 1 aliphatic carbocycles. The van der Waals surface area contributed by atoms with Gasteiger partial charge in [-0.25, -0.2) is 0 Å². The molecule has 1 fully saturated rings. The van der Waals surface area contributed by atoms with Gasteiger partial charge < -0.3 is 16.4 Å². The zero-order chi connectivity index (χ0) is 13.3. The van der Waals surface area contributed by atoms with Crippen LogP contribution in [0.5, 0.6) is 0 Å². The highest BCUT2D eigenvalue weighted by Gasteiger charge is 2.30. The van der Waals surface area contributed by atoms with E-state index in [1.165, 1.54) is 24.4 Å². The number of anilines is 2. The molecule has 1 amide bonds. The number of rotatable bonds is 5. The van der Waals surface area contributed by atoms with E-state index >= 15 is 0 Å². The molecule has 6 heteroatoms. The number of aromatic nitrogens is 1.